The minimum Gasteiger partial charge on any atom is -0.243 e. The normalized spacial score (nSPS) is 18.5. The number of hydrogen-bond acceptors (Lipinski definition) is 2. The Morgan fingerprint density at radius 1 is 0.426 bits per heavy atom. The van der Waals surface area contributed by atoms with Crippen LogP contribution in [0.5, 0.6) is 0 Å². The first-order valence-corrected chi connectivity index (χ1v) is 19.2. The molecule has 10 rings (SSSR count). The molecule has 0 saturated carbocycles. The highest BCUT2D eigenvalue weighted by Gasteiger charge is 2.49. The van der Waals surface area contributed by atoms with Crippen LogP contribution in [0.4, 0.5) is 0 Å². The zero-order valence-corrected chi connectivity index (χ0v) is 31.2. The molecule has 0 fully saturated rings. The molecule has 2 atom stereocenters. The van der Waals surface area contributed by atoms with Gasteiger partial charge in [0.15, 0.2) is 0 Å². The fourth-order valence-corrected chi connectivity index (χ4v) is 9.49. The number of benzene rings is 6. The molecule has 0 amide bonds. The smallest absolute Gasteiger partial charge is 0.0973 e. The van der Waals surface area contributed by atoms with Crippen LogP contribution in [0.15, 0.2) is 175 Å². The molecule has 6 aromatic carbocycles. The number of fused-ring (bicyclic) bond motifs is 6. The van der Waals surface area contributed by atoms with Gasteiger partial charge in [-0.05, 0) is 61.9 Å². The summed E-state index contributed by atoms with van der Waals surface area (Å²) in [5.74, 6) is 0.874. The Labute approximate surface area is 318 Å². The van der Waals surface area contributed by atoms with Crippen LogP contribution in [-0.4, -0.2) is 9.97 Å². The zero-order valence-electron chi connectivity index (χ0n) is 31.2. The van der Waals surface area contributed by atoms with Crippen LogP contribution >= 0.6 is 0 Å². The summed E-state index contributed by atoms with van der Waals surface area (Å²) in [6, 6.07) is 56.4. The molecule has 0 saturated heterocycles. The highest BCUT2D eigenvalue weighted by Crippen LogP contribution is 2.60. The molecule has 0 spiro atoms. The molecule has 2 nitrogen and oxygen atoms in total. The lowest BCUT2D eigenvalue weighted by atomic mass is 9.69. The highest BCUT2D eigenvalue weighted by molar-refractivity contribution is 5.93. The number of hydrogen-bond donors (Lipinski definition) is 0. The Bertz CT molecular complexity index is 2630. The van der Waals surface area contributed by atoms with Gasteiger partial charge in [0.25, 0.3) is 0 Å². The van der Waals surface area contributed by atoms with Gasteiger partial charge in [-0.3, -0.25) is 0 Å². The second-order valence-electron chi connectivity index (χ2n) is 16.2. The van der Waals surface area contributed by atoms with E-state index in [2.05, 4.69) is 179 Å². The van der Waals surface area contributed by atoms with Crippen LogP contribution in [-0.2, 0) is 10.8 Å². The lowest BCUT2D eigenvalue weighted by Crippen LogP contribution is -2.27. The van der Waals surface area contributed by atoms with Crippen LogP contribution in [0, 0.1) is 5.92 Å². The van der Waals surface area contributed by atoms with E-state index in [1.165, 1.54) is 44.5 Å². The molecular weight excluding hydrogens is 653 g/mol. The summed E-state index contributed by atoms with van der Waals surface area (Å²) in [4.78, 5) is 10.9. The highest BCUT2D eigenvalue weighted by atomic mass is 14.9. The molecule has 0 radical (unpaired) electrons. The van der Waals surface area contributed by atoms with Crippen molar-refractivity contribution in [2.24, 2.45) is 5.92 Å². The van der Waals surface area contributed by atoms with Crippen LogP contribution in [0.1, 0.15) is 55.9 Å². The van der Waals surface area contributed by atoms with E-state index in [0.717, 1.165) is 45.0 Å². The Kier molecular flexibility index (Phi) is 7.36. The van der Waals surface area contributed by atoms with Crippen molar-refractivity contribution in [3.05, 3.63) is 198 Å². The zero-order chi connectivity index (χ0) is 36.6. The minimum absolute atomic E-state index is 0.0819. The van der Waals surface area contributed by atoms with Gasteiger partial charge in [0.1, 0.15) is 0 Å². The van der Waals surface area contributed by atoms with Gasteiger partial charge >= 0.3 is 0 Å². The first-order chi connectivity index (χ1) is 26.3. The fraction of sp³-hybridized carbons (Fsp3) is 0.154. The van der Waals surface area contributed by atoms with Crippen LogP contribution in [0.25, 0.3) is 61.7 Å². The summed E-state index contributed by atoms with van der Waals surface area (Å²) in [5, 5.41) is 0. The lowest BCUT2D eigenvalue weighted by Gasteiger charge is -2.34. The maximum absolute atomic E-state index is 5.45. The van der Waals surface area contributed by atoms with Gasteiger partial charge < -0.3 is 0 Å². The number of allylic oxidation sites excluding steroid dienone is 4. The quantitative estimate of drug-likeness (QED) is 0.179. The van der Waals surface area contributed by atoms with Crippen molar-refractivity contribution < 1.29 is 0 Å². The van der Waals surface area contributed by atoms with Crippen LogP contribution in [0.3, 0.4) is 0 Å². The monoisotopic (exact) mass is 694 g/mol. The molecular formula is C52H42N2. The summed E-state index contributed by atoms with van der Waals surface area (Å²) in [7, 11) is 0. The first-order valence-electron chi connectivity index (χ1n) is 19.2. The SMILES string of the molecule is CC1(C)C2=CC3C(C=C2c2ccc(-c4ccc(-c5nc(-c6ccccc6)c(-c6ccccc6)nc5-c5ccccc5)cc4)cc21)c1ccccc1C3(C)C. The number of rotatable bonds is 5. The number of nitrogens with zero attached hydrogens (tertiary/aromatic N) is 2. The molecule has 0 aliphatic heterocycles. The molecule has 3 aliphatic carbocycles. The molecule has 1 aromatic heterocycles. The molecule has 2 heteroatoms. The first kappa shape index (κ1) is 32.5. The van der Waals surface area contributed by atoms with Crippen molar-refractivity contribution in [1.29, 1.82) is 0 Å². The molecule has 7 aromatic rings. The molecule has 0 bridgehead atoms. The average molecular weight is 695 g/mol. The summed E-state index contributed by atoms with van der Waals surface area (Å²) in [6.07, 6.45) is 5.22. The van der Waals surface area contributed by atoms with E-state index >= 15 is 0 Å². The van der Waals surface area contributed by atoms with Gasteiger partial charge in [-0.15, -0.1) is 0 Å². The van der Waals surface area contributed by atoms with Gasteiger partial charge in [0.2, 0.25) is 0 Å². The summed E-state index contributed by atoms with van der Waals surface area (Å²) < 4.78 is 0. The van der Waals surface area contributed by atoms with E-state index in [9.17, 15) is 0 Å². The third kappa shape index (κ3) is 5.01. The predicted molar refractivity (Wildman–Crippen MR) is 224 cm³/mol. The Morgan fingerprint density at radius 3 is 1.44 bits per heavy atom. The standard InChI is InChI=1S/C52H42N2/c1-51(2)43-23-15-14-22-39(43)41-31-42-40-29-28-38(30-44(40)52(3,4)46(42)32-45(41)51)33-24-26-37(27-25-33)50-49(36-20-12-7-13-21-36)53-47(34-16-8-5-9-17-34)48(54-50)35-18-10-6-11-19-35/h5-32,41,45H,1-4H3. The Balaban J connectivity index is 1.06. The lowest BCUT2D eigenvalue weighted by molar-refractivity contribution is 0.390. The second-order valence-corrected chi connectivity index (χ2v) is 16.2. The van der Waals surface area contributed by atoms with Crippen molar-refractivity contribution in [2.45, 2.75) is 44.4 Å². The molecule has 3 aliphatic rings. The third-order valence-electron chi connectivity index (χ3n) is 12.4. The van der Waals surface area contributed by atoms with Gasteiger partial charge in [-0.25, -0.2) is 9.97 Å². The van der Waals surface area contributed by atoms with Crippen molar-refractivity contribution in [3.8, 4) is 56.2 Å². The largest absolute Gasteiger partial charge is 0.243 e. The van der Waals surface area contributed by atoms with Gasteiger partial charge in [0, 0.05) is 33.6 Å². The van der Waals surface area contributed by atoms with E-state index in [1.54, 1.807) is 0 Å². The molecule has 54 heavy (non-hydrogen) atoms. The Morgan fingerprint density at radius 2 is 0.889 bits per heavy atom. The fourth-order valence-electron chi connectivity index (χ4n) is 9.49. The molecule has 1 heterocycles. The van der Waals surface area contributed by atoms with E-state index in [0.29, 0.717) is 11.8 Å². The minimum atomic E-state index is -0.0819. The van der Waals surface area contributed by atoms with E-state index < -0.39 is 0 Å². The maximum Gasteiger partial charge on any atom is 0.0973 e. The molecule has 2 unspecified atom stereocenters. The van der Waals surface area contributed by atoms with Crippen molar-refractivity contribution in [3.63, 3.8) is 0 Å². The third-order valence-corrected chi connectivity index (χ3v) is 12.4. The second kappa shape index (κ2) is 12.2. The Hall–Kier alpha value is -6.12. The van der Waals surface area contributed by atoms with E-state index in [4.69, 9.17) is 9.97 Å². The topological polar surface area (TPSA) is 25.8 Å². The molecule has 0 N–H and O–H groups in total. The molecule has 260 valence electrons. The van der Waals surface area contributed by atoms with Crippen LogP contribution in [0.2, 0.25) is 0 Å². The van der Waals surface area contributed by atoms with Gasteiger partial charge in [-0.2, -0.15) is 0 Å². The summed E-state index contributed by atoms with van der Waals surface area (Å²) >= 11 is 0. The average Bonchev–Trinajstić information content (AvgIpc) is 3.59. The van der Waals surface area contributed by atoms with Crippen molar-refractivity contribution >= 4 is 5.57 Å². The maximum atomic E-state index is 5.45. The van der Waals surface area contributed by atoms with Crippen LogP contribution < -0.4 is 0 Å². The number of aromatic nitrogens is 2. The van der Waals surface area contributed by atoms with Crippen molar-refractivity contribution in [2.75, 3.05) is 0 Å². The van der Waals surface area contributed by atoms with Crippen molar-refractivity contribution in [1.82, 2.24) is 9.97 Å². The van der Waals surface area contributed by atoms with Gasteiger partial charge in [-0.1, -0.05) is 192 Å². The summed E-state index contributed by atoms with van der Waals surface area (Å²) in [6.45, 7) is 9.68. The van der Waals surface area contributed by atoms with E-state index in [-0.39, 0.29) is 10.8 Å². The van der Waals surface area contributed by atoms with E-state index in [1.807, 2.05) is 18.2 Å². The predicted octanol–water partition coefficient (Wildman–Crippen LogP) is 13.1. The van der Waals surface area contributed by atoms with Gasteiger partial charge in [0.05, 0.1) is 22.8 Å². The summed E-state index contributed by atoms with van der Waals surface area (Å²) in [5.41, 5.74) is 18.8.